The van der Waals surface area contributed by atoms with E-state index >= 15 is 0 Å². The Balaban J connectivity index is 1.84. The Bertz CT molecular complexity index is 478. The van der Waals surface area contributed by atoms with Gasteiger partial charge in [0.15, 0.2) is 0 Å². The first-order valence-electron chi connectivity index (χ1n) is 7.87. The number of hydrogen-bond donors (Lipinski definition) is 1. The second-order valence-electron chi connectivity index (χ2n) is 6.14. The number of aryl methyl sites for hydroxylation is 1. The summed E-state index contributed by atoms with van der Waals surface area (Å²) in [5.41, 5.74) is 2.48. The molecule has 2 fully saturated rings. The zero-order valence-corrected chi connectivity index (χ0v) is 12.3. The van der Waals surface area contributed by atoms with E-state index in [9.17, 15) is 4.79 Å². The van der Waals surface area contributed by atoms with Gasteiger partial charge >= 0.3 is 0 Å². The molecule has 2 aliphatic rings. The van der Waals surface area contributed by atoms with Gasteiger partial charge in [-0.3, -0.25) is 10.1 Å². The standard InChI is InChI=1S/C17H24N2O/c1-13-7-6-8-14(11-13)17-18-12-16(20)19(17)15-9-4-2-3-5-10-15/h6-8,11,15,17-18H,2-5,9-10,12H2,1H3. The molecule has 0 radical (unpaired) electrons. The highest BCUT2D eigenvalue weighted by Crippen LogP contribution is 2.31. The molecule has 1 aliphatic carbocycles. The Labute approximate surface area is 121 Å². The number of carbonyl (C=O) groups excluding carboxylic acids is 1. The smallest absolute Gasteiger partial charge is 0.238 e. The third-order valence-electron chi connectivity index (χ3n) is 4.59. The number of carbonyl (C=O) groups is 1. The lowest BCUT2D eigenvalue weighted by Crippen LogP contribution is -2.39. The Kier molecular flexibility index (Phi) is 4.06. The Morgan fingerprint density at radius 2 is 1.90 bits per heavy atom. The predicted octanol–water partition coefficient (Wildman–Crippen LogP) is 3.15. The van der Waals surface area contributed by atoms with E-state index in [0.717, 1.165) is 12.8 Å². The van der Waals surface area contributed by atoms with Crippen molar-refractivity contribution in [3.8, 4) is 0 Å². The Hall–Kier alpha value is -1.35. The molecule has 0 bridgehead atoms. The summed E-state index contributed by atoms with van der Waals surface area (Å²) in [6.07, 6.45) is 7.56. The van der Waals surface area contributed by atoms with Crippen LogP contribution in [0.15, 0.2) is 24.3 Å². The highest BCUT2D eigenvalue weighted by molar-refractivity contribution is 5.81. The summed E-state index contributed by atoms with van der Waals surface area (Å²) in [4.78, 5) is 14.4. The van der Waals surface area contributed by atoms with Gasteiger partial charge < -0.3 is 4.90 Å². The van der Waals surface area contributed by atoms with Crippen molar-refractivity contribution in [1.29, 1.82) is 0 Å². The molecule has 1 saturated carbocycles. The normalized spacial score (nSPS) is 24.9. The summed E-state index contributed by atoms with van der Waals surface area (Å²) in [5, 5.41) is 3.39. The van der Waals surface area contributed by atoms with Gasteiger partial charge in [-0.15, -0.1) is 0 Å². The molecule has 1 N–H and O–H groups in total. The van der Waals surface area contributed by atoms with E-state index in [4.69, 9.17) is 0 Å². The van der Waals surface area contributed by atoms with Gasteiger partial charge in [0.2, 0.25) is 5.91 Å². The molecule has 1 unspecified atom stereocenters. The topological polar surface area (TPSA) is 32.3 Å². The van der Waals surface area contributed by atoms with Gasteiger partial charge in [0.05, 0.1) is 6.54 Å². The summed E-state index contributed by atoms with van der Waals surface area (Å²) in [6.45, 7) is 2.59. The first-order valence-corrected chi connectivity index (χ1v) is 7.87. The summed E-state index contributed by atoms with van der Waals surface area (Å²) in [5.74, 6) is 0.267. The van der Waals surface area contributed by atoms with E-state index in [1.165, 1.54) is 36.8 Å². The van der Waals surface area contributed by atoms with Crippen LogP contribution in [0.4, 0.5) is 0 Å². The molecule has 3 nitrogen and oxygen atoms in total. The van der Waals surface area contributed by atoms with Crippen molar-refractivity contribution >= 4 is 5.91 Å². The van der Waals surface area contributed by atoms with Gasteiger partial charge in [0.1, 0.15) is 6.17 Å². The molecule has 0 aromatic heterocycles. The molecule has 1 heterocycles. The fourth-order valence-corrected chi connectivity index (χ4v) is 3.59. The lowest BCUT2D eigenvalue weighted by atomic mass is 10.0. The molecule has 20 heavy (non-hydrogen) atoms. The minimum absolute atomic E-state index is 0.0745. The van der Waals surface area contributed by atoms with Crippen molar-refractivity contribution in [3.05, 3.63) is 35.4 Å². The first kappa shape index (κ1) is 13.6. The summed E-state index contributed by atoms with van der Waals surface area (Å²) in [7, 11) is 0. The minimum Gasteiger partial charge on any atom is -0.319 e. The molecule has 108 valence electrons. The summed E-state index contributed by atoms with van der Waals surface area (Å²) >= 11 is 0. The lowest BCUT2D eigenvalue weighted by molar-refractivity contribution is -0.130. The van der Waals surface area contributed by atoms with Gasteiger partial charge in [0, 0.05) is 6.04 Å². The zero-order valence-electron chi connectivity index (χ0n) is 12.3. The molecule has 3 rings (SSSR count). The zero-order chi connectivity index (χ0) is 13.9. The third kappa shape index (κ3) is 2.73. The van der Waals surface area contributed by atoms with Gasteiger partial charge in [-0.25, -0.2) is 0 Å². The monoisotopic (exact) mass is 272 g/mol. The molecule has 1 amide bonds. The fraction of sp³-hybridized carbons (Fsp3) is 0.588. The van der Waals surface area contributed by atoms with Crippen molar-refractivity contribution in [2.45, 2.75) is 57.7 Å². The lowest BCUT2D eigenvalue weighted by Gasteiger charge is -2.32. The average molecular weight is 272 g/mol. The van der Waals surface area contributed by atoms with Crippen molar-refractivity contribution in [3.63, 3.8) is 0 Å². The average Bonchev–Trinajstić information content (AvgIpc) is 2.66. The Morgan fingerprint density at radius 1 is 1.15 bits per heavy atom. The highest BCUT2D eigenvalue weighted by Gasteiger charge is 2.36. The largest absolute Gasteiger partial charge is 0.319 e. The fourth-order valence-electron chi connectivity index (χ4n) is 3.59. The first-order chi connectivity index (χ1) is 9.75. The number of nitrogens with zero attached hydrogens (tertiary/aromatic N) is 1. The van der Waals surface area contributed by atoms with E-state index in [0.29, 0.717) is 12.6 Å². The van der Waals surface area contributed by atoms with Crippen LogP contribution in [0.25, 0.3) is 0 Å². The molecule has 1 aromatic rings. The second kappa shape index (κ2) is 5.96. The SMILES string of the molecule is Cc1cccc(C2NCC(=O)N2C2CCCCCC2)c1. The van der Waals surface area contributed by atoms with Crippen LogP contribution in [0, 0.1) is 6.92 Å². The van der Waals surface area contributed by atoms with Gasteiger partial charge in [0.25, 0.3) is 0 Å². The number of hydrogen-bond acceptors (Lipinski definition) is 2. The van der Waals surface area contributed by atoms with Crippen molar-refractivity contribution < 1.29 is 4.79 Å². The maximum absolute atomic E-state index is 12.3. The molecule has 1 aliphatic heterocycles. The van der Waals surface area contributed by atoms with E-state index in [1.807, 2.05) is 0 Å². The molecule has 3 heteroatoms. The third-order valence-corrected chi connectivity index (χ3v) is 4.59. The van der Waals surface area contributed by atoms with Crippen molar-refractivity contribution in [1.82, 2.24) is 10.2 Å². The quantitative estimate of drug-likeness (QED) is 0.839. The number of nitrogens with one attached hydrogen (secondary N) is 1. The summed E-state index contributed by atoms with van der Waals surface area (Å²) in [6, 6.07) is 8.94. The van der Waals surface area contributed by atoms with Crippen LogP contribution in [0.1, 0.15) is 55.8 Å². The van der Waals surface area contributed by atoms with E-state index in [-0.39, 0.29) is 12.1 Å². The van der Waals surface area contributed by atoms with E-state index < -0.39 is 0 Å². The molecule has 0 spiro atoms. The maximum atomic E-state index is 12.3. The van der Waals surface area contributed by atoms with Crippen LogP contribution in [-0.2, 0) is 4.79 Å². The van der Waals surface area contributed by atoms with Crippen LogP contribution in [0.5, 0.6) is 0 Å². The van der Waals surface area contributed by atoms with Gasteiger partial charge in [-0.2, -0.15) is 0 Å². The minimum atomic E-state index is 0.0745. The van der Waals surface area contributed by atoms with Crippen LogP contribution in [0.3, 0.4) is 0 Å². The molecule has 1 saturated heterocycles. The number of benzene rings is 1. The molecular formula is C17H24N2O. The van der Waals surface area contributed by atoms with Gasteiger partial charge in [-0.1, -0.05) is 55.5 Å². The maximum Gasteiger partial charge on any atom is 0.238 e. The second-order valence-corrected chi connectivity index (χ2v) is 6.14. The number of amides is 1. The van der Waals surface area contributed by atoms with E-state index in [2.05, 4.69) is 41.4 Å². The number of rotatable bonds is 2. The Morgan fingerprint density at radius 3 is 2.60 bits per heavy atom. The molecule has 1 atom stereocenters. The van der Waals surface area contributed by atoms with Crippen LogP contribution in [-0.4, -0.2) is 23.4 Å². The van der Waals surface area contributed by atoms with Crippen LogP contribution < -0.4 is 5.32 Å². The predicted molar refractivity (Wildman–Crippen MR) is 80.3 cm³/mol. The van der Waals surface area contributed by atoms with Gasteiger partial charge in [-0.05, 0) is 25.3 Å². The molecular weight excluding hydrogens is 248 g/mol. The highest BCUT2D eigenvalue weighted by atomic mass is 16.2. The van der Waals surface area contributed by atoms with Crippen LogP contribution >= 0.6 is 0 Å². The van der Waals surface area contributed by atoms with Crippen molar-refractivity contribution in [2.75, 3.05) is 6.54 Å². The molecule has 1 aromatic carbocycles. The van der Waals surface area contributed by atoms with Crippen molar-refractivity contribution in [2.24, 2.45) is 0 Å². The van der Waals surface area contributed by atoms with Crippen LogP contribution in [0.2, 0.25) is 0 Å². The van der Waals surface area contributed by atoms with E-state index in [1.54, 1.807) is 0 Å². The summed E-state index contributed by atoms with van der Waals surface area (Å²) < 4.78 is 0.